The third-order valence-corrected chi connectivity index (χ3v) is 5.87. The number of benzene rings is 2. The van der Waals surface area contributed by atoms with Crippen molar-refractivity contribution >= 4 is 33.9 Å². The second-order valence-electron chi connectivity index (χ2n) is 7.21. The van der Waals surface area contributed by atoms with Gasteiger partial charge >= 0.3 is 6.03 Å². The number of carbonyl (C=O) groups excluding carboxylic acids is 1. The van der Waals surface area contributed by atoms with E-state index in [9.17, 15) is 4.79 Å². The summed E-state index contributed by atoms with van der Waals surface area (Å²) < 4.78 is 11.1. The molecule has 0 spiro atoms. The van der Waals surface area contributed by atoms with Gasteiger partial charge in [-0.1, -0.05) is 23.5 Å². The van der Waals surface area contributed by atoms with Gasteiger partial charge < -0.3 is 20.1 Å². The average Bonchev–Trinajstić information content (AvgIpc) is 3.30. The van der Waals surface area contributed by atoms with Crippen LogP contribution in [-0.4, -0.2) is 49.2 Å². The normalized spacial score (nSPS) is 15.3. The van der Waals surface area contributed by atoms with Crippen molar-refractivity contribution < 1.29 is 14.3 Å². The monoisotopic (exact) mass is 452 g/mol. The zero-order valence-corrected chi connectivity index (χ0v) is 19.1. The summed E-state index contributed by atoms with van der Waals surface area (Å²) in [6.45, 7) is 2.10. The van der Waals surface area contributed by atoms with Gasteiger partial charge in [-0.15, -0.1) is 10.2 Å². The van der Waals surface area contributed by atoms with Crippen LogP contribution in [0.1, 0.15) is 23.6 Å². The molecule has 0 saturated heterocycles. The van der Waals surface area contributed by atoms with Crippen LogP contribution in [0, 0.1) is 0 Å². The van der Waals surface area contributed by atoms with Gasteiger partial charge in [0, 0.05) is 23.9 Å². The van der Waals surface area contributed by atoms with Gasteiger partial charge in [0.2, 0.25) is 5.13 Å². The second-order valence-corrected chi connectivity index (χ2v) is 8.03. The van der Waals surface area contributed by atoms with Crippen LogP contribution in [-0.2, 0) is 6.42 Å². The zero-order valence-electron chi connectivity index (χ0n) is 18.2. The first-order valence-electron chi connectivity index (χ1n) is 10.0. The van der Waals surface area contributed by atoms with E-state index in [1.54, 1.807) is 26.8 Å². The summed E-state index contributed by atoms with van der Waals surface area (Å²) in [5.74, 6) is 1.31. The van der Waals surface area contributed by atoms with Crippen LogP contribution < -0.4 is 25.1 Å². The van der Waals surface area contributed by atoms with Gasteiger partial charge in [-0.2, -0.15) is 5.10 Å². The van der Waals surface area contributed by atoms with Gasteiger partial charge in [-0.25, -0.2) is 9.80 Å². The Morgan fingerprint density at radius 2 is 1.88 bits per heavy atom. The number of rotatable bonds is 5. The summed E-state index contributed by atoms with van der Waals surface area (Å²) >= 11 is 1.44. The number of anilines is 2. The largest absolute Gasteiger partial charge is 0.493 e. The summed E-state index contributed by atoms with van der Waals surface area (Å²) in [4.78, 5) is 11.6. The average molecular weight is 453 g/mol. The fourth-order valence-electron chi connectivity index (χ4n) is 3.59. The van der Waals surface area contributed by atoms with E-state index < -0.39 is 0 Å². The van der Waals surface area contributed by atoms with E-state index in [-0.39, 0.29) is 12.1 Å². The number of nitrogens with zero attached hydrogens (tertiary/aromatic N) is 4. The van der Waals surface area contributed by atoms with Crippen LogP contribution in [0.25, 0.3) is 0 Å². The minimum absolute atomic E-state index is 0.0477. The SMILES string of the molecule is CNC(=O)Nc1ccc(C2=NN(c3nncs3)C(C)Cc3cc(OC)c(OC)cc32)cc1. The molecule has 2 amide bonds. The summed E-state index contributed by atoms with van der Waals surface area (Å²) in [5, 5.41) is 21.2. The maximum atomic E-state index is 11.6. The van der Waals surface area contributed by atoms with Crippen LogP contribution in [0.3, 0.4) is 0 Å². The smallest absolute Gasteiger partial charge is 0.318 e. The number of fused-ring (bicyclic) bond motifs is 1. The Balaban J connectivity index is 1.84. The molecule has 0 fully saturated rings. The third kappa shape index (κ3) is 4.22. The lowest BCUT2D eigenvalue weighted by Crippen LogP contribution is -2.29. The Bertz CT molecular complexity index is 1130. The predicted octanol–water partition coefficient (Wildman–Crippen LogP) is 3.51. The number of hydrogen-bond acceptors (Lipinski definition) is 8. The molecule has 10 heteroatoms. The number of methoxy groups -OCH3 is 2. The Morgan fingerprint density at radius 1 is 1.16 bits per heavy atom. The predicted molar refractivity (Wildman–Crippen MR) is 125 cm³/mol. The maximum Gasteiger partial charge on any atom is 0.318 e. The molecular weight excluding hydrogens is 428 g/mol. The first-order chi connectivity index (χ1) is 15.5. The van der Waals surface area contributed by atoms with E-state index in [1.165, 1.54) is 11.3 Å². The van der Waals surface area contributed by atoms with Crippen molar-refractivity contribution in [1.29, 1.82) is 0 Å². The third-order valence-electron chi connectivity index (χ3n) is 5.19. The summed E-state index contributed by atoms with van der Waals surface area (Å²) in [7, 11) is 4.82. The van der Waals surface area contributed by atoms with Gasteiger partial charge in [0.25, 0.3) is 0 Å². The second kappa shape index (κ2) is 9.23. The van der Waals surface area contributed by atoms with Crippen molar-refractivity contribution in [2.75, 3.05) is 31.6 Å². The molecule has 32 heavy (non-hydrogen) atoms. The molecule has 9 nitrogen and oxygen atoms in total. The summed E-state index contributed by atoms with van der Waals surface area (Å²) in [6.07, 6.45) is 0.735. The van der Waals surface area contributed by atoms with Gasteiger partial charge in [-0.05, 0) is 43.2 Å². The van der Waals surface area contributed by atoms with Crippen molar-refractivity contribution in [3.05, 3.63) is 58.6 Å². The van der Waals surface area contributed by atoms with Crippen molar-refractivity contribution in [3.63, 3.8) is 0 Å². The molecule has 2 heterocycles. The van der Waals surface area contributed by atoms with Gasteiger partial charge in [0.1, 0.15) is 5.51 Å². The van der Waals surface area contributed by atoms with Crippen molar-refractivity contribution in [2.45, 2.75) is 19.4 Å². The van der Waals surface area contributed by atoms with E-state index in [4.69, 9.17) is 14.6 Å². The first kappa shape index (κ1) is 21.6. The highest BCUT2D eigenvalue weighted by Gasteiger charge is 2.27. The van der Waals surface area contributed by atoms with Crippen LogP contribution in [0.15, 0.2) is 47.0 Å². The molecule has 2 aromatic carbocycles. The van der Waals surface area contributed by atoms with E-state index in [0.29, 0.717) is 17.2 Å². The van der Waals surface area contributed by atoms with E-state index in [1.807, 2.05) is 41.4 Å². The number of nitrogens with one attached hydrogen (secondary N) is 2. The molecule has 0 aliphatic carbocycles. The molecular formula is C22H24N6O3S. The van der Waals surface area contributed by atoms with Crippen molar-refractivity contribution in [3.8, 4) is 11.5 Å². The van der Waals surface area contributed by atoms with E-state index in [2.05, 4.69) is 27.8 Å². The highest BCUT2D eigenvalue weighted by Crippen LogP contribution is 2.35. The number of hydrazone groups is 1. The lowest BCUT2D eigenvalue weighted by atomic mass is 9.94. The Hall–Kier alpha value is -3.66. The molecule has 2 N–H and O–H groups in total. The molecule has 0 saturated carbocycles. The molecule has 1 aliphatic rings. The topological polar surface area (TPSA) is 101 Å². The molecule has 166 valence electrons. The molecule has 0 bridgehead atoms. The fraction of sp³-hybridized carbons (Fsp3) is 0.273. The van der Waals surface area contributed by atoms with Crippen LogP contribution in [0.4, 0.5) is 15.6 Å². The number of carbonyl (C=O) groups is 1. The Kier molecular flexibility index (Phi) is 6.22. The molecule has 1 aromatic heterocycles. The number of aromatic nitrogens is 2. The maximum absolute atomic E-state index is 11.6. The van der Waals surface area contributed by atoms with Crippen LogP contribution >= 0.6 is 11.3 Å². The Labute approximate surface area is 190 Å². The zero-order chi connectivity index (χ0) is 22.7. The molecule has 1 aliphatic heterocycles. The number of urea groups is 1. The first-order valence-corrected chi connectivity index (χ1v) is 10.9. The number of hydrogen-bond donors (Lipinski definition) is 2. The Morgan fingerprint density at radius 3 is 2.50 bits per heavy atom. The quantitative estimate of drug-likeness (QED) is 0.614. The number of ether oxygens (including phenoxy) is 2. The molecule has 1 unspecified atom stereocenters. The van der Waals surface area contributed by atoms with Gasteiger partial charge in [-0.3, -0.25) is 0 Å². The number of amides is 2. The molecule has 1 atom stereocenters. The van der Waals surface area contributed by atoms with Gasteiger partial charge in [0.15, 0.2) is 11.5 Å². The van der Waals surface area contributed by atoms with E-state index >= 15 is 0 Å². The molecule has 3 aromatic rings. The molecule has 4 rings (SSSR count). The fourth-order valence-corrected chi connectivity index (χ4v) is 4.20. The minimum Gasteiger partial charge on any atom is -0.493 e. The van der Waals surface area contributed by atoms with Crippen LogP contribution in [0.5, 0.6) is 11.5 Å². The molecule has 0 radical (unpaired) electrons. The highest BCUT2D eigenvalue weighted by atomic mass is 32.1. The minimum atomic E-state index is -0.275. The standard InChI is InChI=1S/C22H24N6O3S/c1-13-9-15-10-18(30-3)19(31-4)11-17(15)20(27-28(13)22-26-24-12-32-22)14-5-7-16(8-6-14)25-21(29)23-2/h5-8,10-13H,9H2,1-4H3,(H2,23,25,29). The summed E-state index contributed by atoms with van der Waals surface area (Å²) in [5.41, 5.74) is 6.09. The van der Waals surface area contributed by atoms with Gasteiger partial charge in [0.05, 0.1) is 26.0 Å². The van der Waals surface area contributed by atoms with E-state index in [0.717, 1.165) is 34.0 Å². The van der Waals surface area contributed by atoms with Crippen molar-refractivity contribution in [2.24, 2.45) is 5.10 Å². The summed E-state index contributed by atoms with van der Waals surface area (Å²) in [6, 6.07) is 11.3. The van der Waals surface area contributed by atoms with Crippen molar-refractivity contribution in [1.82, 2.24) is 15.5 Å². The lowest BCUT2D eigenvalue weighted by Gasteiger charge is -2.21. The highest BCUT2D eigenvalue weighted by molar-refractivity contribution is 7.13. The van der Waals surface area contributed by atoms with Crippen LogP contribution in [0.2, 0.25) is 0 Å². The lowest BCUT2D eigenvalue weighted by molar-refractivity contribution is 0.254.